The first-order valence-electron chi connectivity index (χ1n) is 5.98. The van der Waals surface area contributed by atoms with Crippen LogP contribution in [0.15, 0.2) is 24.4 Å². The van der Waals surface area contributed by atoms with Gasteiger partial charge in [0.05, 0.1) is 17.6 Å². The second-order valence-electron chi connectivity index (χ2n) is 4.23. The molecule has 0 aliphatic heterocycles. The molecule has 0 aromatic carbocycles. The molecule has 17 heavy (non-hydrogen) atoms. The maximum absolute atomic E-state index is 5.96. The largest absolute Gasteiger partial charge is 0.384 e. The summed E-state index contributed by atoms with van der Waals surface area (Å²) in [4.78, 5) is 4.25. The monoisotopic (exact) mass is 230 g/mol. The third kappa shape index (κ3) is 2.64. The first kappa shape index (κ1) is 11.6. The fourth-order valence-corrected chi connectivity index (χ4v) is 1.72. The number of nitrogen functional groups attached to an aromatic ring is 1. The van der Waals surface area contributed by atoms with Crippen molar-refractivity contribution < 1.29 is 0 Å². The molecule has 0 spiro atoms. The Hall–Kier alpha value is -1.84. The van der Waals surface area contributed by atoms with Gasteiger partial charge in [-0.25, -0.2) is 4.68 Å². The Kier molecular flexibility index (Phi) is 3.42. The van der Waals surface area contributed by atoms with Crippen LogP contribution in [-0.2, 0) is 6.42 Å². The predicted molar refractivity (Wildman–Crippen MR) is 69.1 cm³/mol. The quantitative estimate of drug-likeness (QED) is 0.878. The molecule has 4 nitrogen and oxygen atoms in total. The van der Waals surface area contributed by atoms with Crippen molar-refractivity contribution in [2.24, 2.45) is 0 Å². The standard InChI is InChI=1S/C13H18N4/c1-3-4-5-11-8-13(14)17(16-11)12-7-6-10(2)15-9-12/h6-9H,3-5,14H2,1-2H3. The SMILES string of the molecule is CCCCc1cc(N)n(-c2ccc(C)nc2)n1. The van der Waals surface area contributed by atoms with Gasteiger partial charge in [-0.2, -0.15) is 5.10 Å². The van der Waals surface area contributed by atoms with Gasteiger partial charge in [0, 0.05) is 11.8 Å². The number of rotatable bonds is 4. The van der Waals surface area contributed by atoms with Crippen LogP contribution in [0.3, 0.4) is 0 Å². The Labute approximate surface area is 101 Å². The number of nitrogens with two attached hydrogens (primary N) is 1. The van der Waals surface area contributed by atoms with Gasteiger partial charge in [-0.15, -0.1) is 0 Å². The van der Waals surface area contributed by atoms with Crippen molar-refractivity contribution in [3.8, 4) is 5.69 Å². The van der Waals surface area contributed by atoms with Crippen LogP contribution < -0.4 is 5.73 Å². The number of aryl methyl sites for hydroxylation is 2. The summed E-state index contributed by atoms with van der Waals surface area (Å²) in [5.74, 6) is 0.668. The summed E-state index contributed by atoms with van der Waals surface area (Å²) in [5.41, 5.74) is 8.91. The van der Waals surface area contributed by atoms with E-state index in [2.05, 4.69) is 17.0 Å². The van der Waals surface area contributed by atoms with E-state index >= 15 is 0 Å². The van der Waals surface area contributed by atoms with Gasteiger partial charge < -0.3 is 5.73 Å². The maximum atomic E-state index is 5.96. The summed E-state index contributed by atoms with van der Waals surface area (Å²) in [6, 6.07) is 5.88. The highest BCUT2D eigenvalue weighted by molar-refractivity contribution is 5.41. The fraction of sp³-hybridized carbons (Fsp3) is 0.385. The Balaban J connectivity index is 2.26. The molecule has 0 saturated carbocycles. The molecule has 2 aromatic rings. The summed E-state index contributed by atoms with van der Waals surface area (Å²) >= 11 is 0. The number of unbranched alkanes of at least 4 members (excludes halogenated alkanes) is 1. The molecular weight excluding hydrogens is 212 g/mol. The Morgan fingerprint density at radius 3 is 2.82 bits per heavy atom. The number of hydrogen-bond acceptors (Lipinski definition) is 3. The predicted octanol–water partition coefficient (Wildman–Crippen LogP) is 2.50. The van der Waals surface area contributed by atoms with Crippen LogP contribution in [0.2, 0.25) is 0 Å². The highest BCUT2D eigenvalue weighted by atomic mass is 15.3. The lowest BCUT2D eigenvalue weighted by Crippen LogP contribution is -2.02. The van der Waals surface area contributed by atoms with Gasteiger partial charge >= 0.3 is 0 Å². The van der Waals surface area contributed by atoms with Crippen LogP contribution in [0, 0.1) is 6.92 Å². The highest BCUT2D eigenvalue weighted by Gasteiger charge is 2.06. The van der Waals surface area contributed by atoms with Crippen molar-refractivity contribution in [1.82, 2.24) is 14.8 Å². The van der Waals surface area contributed by atoms with E-state index in [-0.39, 0.29) is 0 Å². The van der Waals surface area contributed by atoms with E-state index in [1.54, 1.807) is 10.9 Å². The molecule has 0 aliphatic carbocycles. The van der Waals surface area contributed by atoms with Gasteiger partial charge in [0.15, 0.2) is 0 Å². The molecule has 2 rings (SSSR count). The molecule has 0 atom stereocenters. The van der Waals surface area contributed by atoms with Crippen molar-refractivity contribution in [2.45, 2.75) is 33.1 Å². The van der Waals surface area contributed by atoms with E-state index < -0.39 is 0 Å². The van der Waals surface area contributed by atoms with Crippen LogP contribution in [0.5, 0.6) is 0 Å². The zero-order valence-electron chi connectivity index (χ0n) is 10.3. The molecule has 2 heterocycles. The number of nitrogens with zero attached hydrogens (tertiary/aromatic N) is 3. The number of hydrogen-bond donors (Lipinski definition) is 1. The minimum Gasteiger partial charge on any atom is -0.384 e. The number of aromatic nitrogens is 3. The molecule has 0 radical (unpaired) electrons. The summed E-state index contributed by atoms with van der Waals surface area (Å²) in [7, 11) is 0. The molecule has 0 bridgehead atoms. The summed E-state index contributed by atoms with van der Waals surface area (Å²) in [6.45, 7) is 4.13. The lowest BCUT2D eigenvalue weighted by molar-refractivity contribution is 0.752. The van der Waals surface area contributed by atoms with Crippen molar-refractivity contribution in [2.75, 3.05) is 5.73 Å². The zero-order chi connectivity index (χ0) is 12.3. The number of anilines is 1. The number of pyridine rings is 1. The summed E-state index contributed by atoms with van der Waals surface area (Å²) in [6.07, 6.45) is 5.08. The minimum atomic E-state index is 0.668. The Morgan fingerprint density at radius 2 is 2.18 bits per heavy atom. The van der Waals surface area contributed by atoms with Crippen LogP contribution in [0.25, 0.3) is 5.69 Å². The normalized spacial score (nSPS) is 10.7. The zero-order valence-corrected chi connectivity index (χ0v) is 10.3. The van der Waals surface area contributed by atoms with E-state index in [0.29, 0.717) is 5.82 Å². The first-order chi connectivity index (χ1) is 8.20. The summed E-state index contributed by atoms with van der Waals surface area (Å²) in [5, 5.41) is 4.50. The van der Waals surface area contributed by atoms with E-state index in [9.17, 15) is 0 Å². The molecule has 0 amide bonds. The van der Waals surface area contributed by atoms with Gasteiger partial charge in [0.2, 0.25) is 0 Å². The average molecular weight is 230 g/mol. The first-order valence-corrected chi connectivity index (χ1v) is 5.98. The van der Waals surface area contributed by atoms with Gasteiger partial charge in [-0.05, 0) is 31.9 Å². The van der Waals surface area contributed by atoms with Gasteiger partial charge in [-0.3, -0.25) is 4.98 Å². The maximum Gasteiger partial charge on any atom is 0.127 e. The molecule has 2 aromatic heterocycles. The second-order valence-corrected chi connectivity index (χ2v) is 4.23. The van der Waals surface area contributed by atoms with Gasteiger partial charge in [0.25, 0.3) is 0 Å². The smallest absolute Gasteiger partial charge is 0.127 e. The second kappa shape index (κ2) is 4.99. The Morgan fingerprint density at radius 1 is 1.35 bits per heavy atom. The fourth-order valence-electron chi connectivity index (χ4n) is 1.72. The topological polar surface area (TPSA) is 56.7 Å². The van der Waals surface area contributed by atoms with Crippen molar-refractivity contribution >= 4 is 5.82 Å². The minimum absolute atomic E-state index is 0.668. The molecule has 0 saturated heterocycles. The molecule has 90 valence electrons. The third-order valence-corrected chi connectivity index (χ3v) is 2.71. The van der Waals surface area contributed by atoms with Crippen molar-refractivity contribution in [3.05, 3.63) is 35.8 Å². The lowest BCUT2D eigenvalue weighted by atomic mass is 10.2. The summed E-state index contributed by atoms with van der Waals surface area (Å²) < 4.78 is 1.75. The lowest BCUT2D eigenvalue weighted by Gasteiger charge is -2.03. The molecule has 0 fully saturated rings. The highest BCUT2D eigenvalue weighted by Crippen LogP contribution is 2.15. The molecule has 2 N–H and O–H groups in total. The van der Waals surface area contributed by atoms with E-state index in [1.165, 1.54) is 6.42 Å². The van der Waals surface area contributed by atoms with Crippen LogP contribution in [0.4, 0.5) is 5.82 Å². The van der Waals surface area contributed by atoms with Crippen LogP contribution in [-0.4, -0.2) is 14.8 Å². The molecule has 0 unspecified atom stereocenters. The average Bonchev–Trinajstić information content (AvgIpc) is 2.69. The van der Waals surface area contributed by atoms with E-state index in [4.69, 9.17) is 5.73 Å². The molecule has 0 aliphatic rings. The van der Waals surface area contributed by atoms with Crippen LogP contribution >= 0.6 is 0 Å². The third-order valence-electron chi connectivity index (χ3n) is 2.71. The van der Waals surface area contributed by atoms with E-state index in [0.717, 1.165) is 29.9 Å². The molecule has 4 heteroatoms. The Bertz CT molecular complexity index is 485. The van der Waals surface area contributed by atoms with E-state index in [1.807, 2.05) is 25.1 Å². The van der Waals surface area contributed by atoms with Crippen LogP contribution in [0.1, 0.15) is 31.2 Å². The molecular formula is C13H18N4. The van der Waals surface area contributed by atoms with Crippen molar-refractivity contribution in [3.63, 3.8) is 0 Å². The van der Waals surface area contributed by atoms with Crippen molar-refractivity contribution in [1.29, 1.82) is 0 Å². The van der Waals surface area contributed by atoms with Gasteiger partial charge in [0.1, 0.15) is 5.82 Å². The van der Waals surface area contributed by atoms with Gasteiger partial charge in [-0.1, -0.05) is 13.3 Å².